The lowest BCUT2D eigenvalue weighted by atomic mass is 10.2. The van der Waals surface area contributed by atoms with Crippen molar-refractivity contribution in [3.8, 4) is 0 Å². The number of esters is 1. The molecule has 12 heavy (non-hydrogen) atoms. The summed E-state index contributed by atoms with van der Waals surface area (Å²) in [5.74, 6) is -0.567. The van der Waals surface area contributed by atoms with Gasteiger partial charge in [-0.3, -0.25) is 4.79 Å². The van der Waals surface area contributed by atoms with Gasteiger partial charge < -0.3 is 4.74 Å². The summed E-state index contributed by atoms with van der Waals surface area (Å²) in [6.45, 7) is 10.6. The maximum Gasteiger partial charge on any atom is 0.317 e. The Bertz CT molecular complexity index is 214. The molecular weight excluding hydrogens is 152 g/mol. The third-order valence-corrected chi connectivity index (χ3v) is 1.26. The van der Waals surface area contributed by atoms with Crippen molar-refractivity contribution in [2.45, 2.75) is 13.8 Å². The minimum Gasteiger partial charge on any atom is -0.434 e. The number of carbonyl (C=O) groups excluding carboxylic acids is 1. The predicted octanol–water partition coefficient (Wildman–Crippen LogP) is 2.44. The van der Waals surface area contributed by atoms with Gasteiger partial charge in [0.25, 0.3) is 0 Å². The summed E-state index contributed by atoms with van der Waals surface area (Å²) in [4.78, 5) is 11.0. The van der Waals surface area contributed by atoms with Crippen LogP contribution in [-0.2, 0) is 9.53 Å². The van der Waals surface area contributed by atoms with Crippen molar-refractivity contribution in [2.24, 2.45) is 5.92 Å². The van der Waals surface area contributed by atoms with Crippen LogP contribution in [0, 0.1) is 5.92 Å². The zero-order valence-electron chi connectivity index (χ0n) is 7.54. The van der Waals surface area contributed by atoms with Crippen LogP contribution in [0.15, 0.2) is 37.1 Å². The highest BCUT2D eigenvalue weighted by molar-refractivity contribution is 5.74. The van der Waals surface area contributed by atoms with E-state index in [1.807, 2.05) is 6.92 Å². The molecule has 0 saturated carbocycles. The molecule has 2 nitrogen and oxygen atoms in total. The van der Waals surface area contributed by atoms with E-state index < -0.39 is 0 Å². The van der Waals surface area contributed by atoms with Crippen molar-refractivity contribution in [2.75, 3.05) is 0 Å². The molecule has 0 heterocycles. The van der Waals surface area contributed by atoms with Crippen LogP contribution in [0.1, 0.15) is 13.8 Å². The van der Waals surface area contributed by atoms with Gasteiger partial charge in [0.05, 0.1) is 12.2 Å². The standard InChI is InChI=1S/C10H14O2/c1-5-9(4)10(11)12-7-6-8(2)3/h5-7,9H,1-2H2,3-4H3/b7-6+/t9-/m0/s1. The van der Waals surface area contributed by atoms with Gasteiger partial charge >= 0.3 is 5.97 Å². The van der Waals surface area contributed by atoms with Gasteiger partial charge in [0.1, 0.15) is 0 Å². The van der Waals surface area contributed by atoms with Crippen LogP contribution in [0.25, 0.3) is 0 Å². The second-order valence-corrected chi connectivity index (χ2v) is 2.61. The van der Waals surface area contributed by atoms with Gasteiger partial charge in [-0.05, 0) is 19.9 Å². The molecule has 0 spiro atoms. The third kappa shape index (κ3) is 4.50. The lowest BCUT2D eigenvalue weighted by Crippen LogP contribution is -2.08. The monoisotopic (exact) mass is 166 g/mol. The molecule has 0 rings (SSSR count). The second-order valence-electron chi connectivity index (χ2n) is 2.61. The molecule has 0 amide bonds. The smallest absolute Gasteiger partial charge is 0.317 e. The van der Waals surface area contributed by atoms with Crippen molar-refractivity contribution >= 4 is 5.97 Å². The Hall–Kier alpha value is -1.31. The Morgan fingerprint density at radius 3 is 2.58 bits per heavy atom. The molecular formula is C10H14O2. The van der Waals surface area contributed by atoms with Gasteiger partial charge in [0, 0.05) is 0 Å². The lowest BCUT2D eigenvalue weighted by molar-refractivity contribution is -0.140. The molecule has 0 unspecified atom stereocenters. The zero-order valence-corrected chi connectivity index (χ0v) is 7.54. The van der Waals surface area contributed by atoms with Crippen molar-refractivity contribution in [1.29, 1.82) is 0 Å². The van der Waals surface area contributed by atoms with Crippen molar-refractivity contribution < 1.29 is 9.53 Å². The SMILES string of the molecule is C=C[C@H](C)C(=O)O/C=C/C(=C)C. The highest BCUT2D eigenvalue weighted by atomic mass is 16.5. The number of rotatable bonds is 4. The molecule has 1 atom stereocenters. The van der Waals surface area contributed by atoms with Gasteiger partial charge in [-0.1, -0.05) is 18.2 Å². The van der Waals surface area contributed by atoms with E-state index in [4.69, 9.17) is 4.74 Å². The summed E-state index contributed by atoms with van der Waals surface area (Å²) in [5, 5.41) is 0. The molecule has 0 aromatic carbocycles. The molecule has 0 aliphatic heterocycles. The molecule has 2 heteroatoms. The average Bonchev–Trinajstić information content (AvgIpc) is 2.02. The zero-order chi connectivity index (χ0) is 9.56. The van der Waals surface area contributed by atoms with Crippen LogP contribution in [0.5, 0.6) is 0 Å². The predicted molar refractivity (Wildman–Crippen MR) is 49.4 cm³/mol. The van der Waals surface area contributed by atoms with Gasteiger partial charge in [-0.15, -0.1) is 6.58 Å². The first-order chi connectivity index (χ1) is 5.57. The van der Waals surface area contributed by atoms with Gasteiger partial charge in [0.15, 0.2) is 0 Å². The van der Waals surface area contributed by atoms with E-state index in [-0.39, 0.29) is 11.9 Å². The summed E-state index contributed by atoms with van der Waals surface area (Å²) < 4.78 is 4.75. The van der Waals surface area contributed by atoms with E-state index in [2.05, 4.69) is 13.2 Å². The van der Waals surface area contributed by atoms with Crippen LogP contribution in [0.2, 0.25) is 0 Å². The molecule has 0 aromatic rings. The fraction of sp³-hybridized carbons (Fsp3) is 0.300. The molecule has 66 valence electrons. The second kappa shape index (κ2) is 5.35. The number of hydrogen-bond donors (Lipinski definition) is 0. The maximum absolute atomic E-state index is 11.0. The molecule has 0 fully saturated rings. The minimum atomic E-state index is -0.303. The van der Waals surface area contributed by atoms with Gasteiger partial charge in [-0.25, -0.2) is 0 Å². The van der Waals surface area contributed by atoms with E-state index in [1.54, 1.807) is 13.0 Å². The minimum absolute atomic E-state index is 0.264. The van der Waals surface area contributed by atoms with E-state index in [0.717, 1.165) is 5.57 Å². The Morgan fingerprint density at radius 2 is 2.17 bits per heavy atom. The first-order valence-electron chi connectivity index (χ1n) is 3.73. The summed E-state index contributed by atoms with van der Waals surface area (Å²) in [6, 6.07) is 0. The normalized spacial score (nSPS) is 12.5. The molecule has 0 radical (unpaired) electrons. The molecule has 0 bridgehead atoms. The molecule has 0 aromatic heterocycles. The lowest BCUT2D eigenvalue weighted by Gasteiger charge is -2.01. The number of hydrogen-bond acceptors (Lipinski definition) is 2. The Balaban J connectivity index is 3.86. The van der Waals surface area contributed by atoms with E-state index in [0.29, 0.717) is 0 Å². The highest BCUT2D eigenvalue weighted by Gasteiger charge is 2.07. The first-order valence-corrected chi connectivity index (χ1v) is 3.73. The molecule has 0 saturated heterocycles. The van der Waals surface area contributed by atoms with Crippen molar-refractivity contribution in [1.82, 2.24) is 0 Å². The van der Waals surface area contributed by atoms with E-state index in [1.165, 1.54) is 12.3 Å². The Kier molecular flexibility index (Phi) is 4.77. The molecule has 0 N–H and O–H groups in total. The van der Waals surface area contributed by atoms with Crippen LogP contribution in [0.4, 0.5) is 0 Å². The van der Waals surface area contributed by atoms with Gasteiger partial charge in [0.2, 0.25) is 0 Å². The summed E-state index contributed by atoms with van der Waals surface area (Å²) in [5.41, 5.74) is 0.842. The summed E-state index contributed by atoms with van der Waals surface area (Å²) >= 11 is 0. The topological polar surface area (TPSA) is 26.3 Å². The average molecular weight is 166 g/mol. The fourth-order valence-electron chi connectivity index (χ4n) is 0.421. The number of allylic oxidation sites excluding steroid dienone is 2. The first kappa shape index (κ1) is 10.7. The molecule has 0 aliphatic rings. The molecule has 0 aliphatic carbocycles. The Morgan fingerprint density at radius 1 is 1.58 bits per heavy atom. The van der Waals surface area contributed by atoms with Crippen LogP contribution < -0.4 is 0 Å². The third-order valence-electron chi connectivity index (χ3n) is 1.26. The maximum atomic E-state index is 11.0. The summed E-state index contributed by atoms with van der Waals surface area (Å²) in [7, 11) is 0. The quantitative estimate of drug-likeness (QED) is 0.277. The van der Waals surface area contributed by atoms with E-state index >= 15 is 0 Å². The van der Waals surface area contributed by atoms with Crippen molar-refractivity contribution in [3.05, 3.63) is 37.1 Å². The Labute approximate surface area is 73.2 Å². The van der Waals surface area contributed by atoms with Gasteiger partial charge in [-0.2, -0.15) is 0 Å². The van der Waals surface area contributed by atoms with Crippen LogP contribution in [-0.4, -0.2) is 5.97 Å². The van der Waals surface area contributed by atoms with E-state index in [9.17, 15) is 4.79 Å². The van der Waals surface area contributed by atoms with Crippen LogP contribution in [0.3, 0.4) is 0 Å². The summed E-state index contributed by atoms with van der Waals surface area (Å²) in [6.07, 6.45) is 4.51. The van der Waals surface area contributed by atoms with Crippen LogP contribution >= 0.6 is 0 Å². The fourth-order valence-corrected chi connectivity index (χ4v) is 0.421. The number of carbonyl (C=O) groups is 1. The number of ether oxygens (including phenoxy) is 1. The largest absolute Gasteiger partial charge is 0.434 e. The highest BCUT2D eigenvalue weighted by Crippen LogP contribution is 2.00. The van der Waals surface area contributed by atoms with Crippen molar-refractivity contribution in [3.63, 3.8) is 0 Å².